The van der Waals surface area contributed by atoms with Gasteiger partial charge in [-0.2, -0.15) is 0 Å². The molecule has 74 heavy (non-hydrogen) atoms. The number of hydrogen-bond acceptors (Lipinski definition) is 6. The van der Waals surface area contributed by atoms with Crippen LogP contribution in [0.15, 0.2) is 85.1 Å². The van der Waals surface area contributed by atoms with Crippen molar-refractivity contribution >= 4 is 17.9 Å². The Morgan fingerprint density at radius 3 is 0.824 bits per heavy atom. The maximum atomic E-state index is 12.8. The highest BCUT2D eigenvalue weighted by Crippen LogP contribution is 2.17. The van der Waals surface area contributed by atoms with E-state index in [9.17, 15) is 14.4 Å². The Hall–Kier alpha value is -3.41. The van der Waals surface area contributed by atoms with Gasteiger partial charge in [0.25, 0.3) is 0 Å². The lowest BCUT2D eigenvalue weighted by molar-refractivity contribution is -0.167. The third-order valence-electron chi connectivity index (χ3n) is 13.7. The van der Waals surface area contributed by atoms with Gasteiger partial charge >= 0.3 is 17.9 Å². The van der Waals surface area contributed by atoms with Crippen LogP contribution in [-0.4, -0.2) is 37.2 Å². The molecule has 0 aliphatic carbocycles. The average molecular weight is 1030 g/mol. The van der Waals surface area contributed by atoms with Crippen molar-refractivity contribution in [2.45, 2.75) is 316 Å². The number of hydrogen-bond donors (Lipinski definition) is 0. The first-order valence-corrected chi connectivity index (χ1v) is 31.6. The monoisotopic (exact) mass is 1030 g/mol. The smallest absolute Gasteiger partial charge is 0.306 e. The summed E-state index contributed by atoms with van der Waals surface area (Å²) < 4.78 is 16.9. The molecule has 0 saturated carbocycles. The van der Waals surface area contributed by atoms with Crippen molar-refractivity contribution in [3.05, 3.63) is 85.1 Å². The van der Waals surface area contributed by atoms with Gasteiger partial charge in [-0.3, -0.25) is 14.4 Å². The fourth-order valence-electron chi connectivity index (χ4n) is 8.95. The number of rotatable bonds is 57. The lowest BCUT2D eigenvalue weighted by Crippen LogP contribution is -2.30. The molecule has 0 saturated heterocycles. The van der Waals surface area contributed by atoms with Gasteiger partial charge < -0.3 is 14.2 Å². The Morgan fingerprint density at radius 2 is 0.527 bits per heavy atom. The molecule has 0 aromatic carbocycles. The van der Waals surface area contributed by atoms with Gasteiger partial charge in [0.05, 0.1) is 0 Å². The summed E-state index contributed by atoms with van der Waals surface area (Å²) in [6.45, 7) is 6.53. The van der Waals surface area contributed by atoms with E-state index >= 15 is 0 Å². The van der Waals surface area contributed by atoms with Gasteiger partial charge in [-0.25, -0.2) is 0 Å². The fraction of sp³-hybridized carbons (Fsp3) is 0.750. The molecule has 0 aliphatic heterocycles. The summed E-state index contributed by atoms with van der Waals surface area (Å²) in [5.74, 6) is -0.864. The van der Waals surface area contributed by atoms with Crippen LogP contribution >= 0.6 is 0 Å². The second-order valence-electron chi connectivity index (χ2n) is 21.0. The summed E-state index contributed by atoms with van der Waals surface area (Å²) in [7, 11) is 0. The summed E-state index contributed by atoms with van der Waals surface area (Å²) in [5.41, 5.74) is 0. The van der Waals surface area contributed by atoms with E-state index in [1.54, 1.807) is 0 Å². The van der Waals surface area contributed by atoms with Crippen LogP contribution in [-0.2, 0) is 28.6 Å². The van der Waals surface area contributed by atoms with E-state index in [1.165, 1.54) is 167 Å². The van der Waals surface area contributed by atoms with Crippen molar-refractivity contribution in [3.8, 4) is 0 Å². The number of ether oxygens (including phenoxy) is 3. The first-order valence-electron chi connectivity index (χ1n) is 31.6. The standard InChI is InChI=1S/C68H118O6/c1-4-7-10-13-16-19-22-24-25-26-27-28-29-30-31-32-33-34-35-36-37-38-39-40-41-42-43-45-46-49-52-55-58-61-67(70)73-64-65(63-72-66(69)60-57-54-51-48-21-18-15-12-9-6-3)74-68(71)62-59-56-53-50-47-44-23-20-17-14-11-8-5-2/h7,10,16,19,24-25,27-28,30-31,33-34,36-37,65H,4-6,8-9,11-15,17-18,20-23,26,29,32,35,38-64H2,1-3H3/b10-7-,19-16-,25-24-,28-27-,31-30-,34-33-,37-36-. The van der Waals surface area contributed by atoms with Gasteiger partial charge in [0.1, 0.15) is 13.2 Å². The third kappa shape index (κ3) is 59.5. The van der Waals surface area contributed by atoms with Crippen LogP contribution in [0.3, 0.4) is 0 Å². The average Bonchev–Trinajstić information content (AvgIpc) is 3.40. The quantitative estimate of drug-likeness (QED) is 0.0261. The topological polar surface area (TPSA) is 78.9 Å². The molecule has 6 nitrogen and oxygen atoms in total. The zero-order chi connectivity index (χ0) is 53.6. The molecule has 0 aromatic rings. The van der Waals surface area contributed by atoms with E-state index in [1.807, 2.05) is 0 Å². The second-order valence-corrected chi connectivity index (χ2v) is 21.0. The highest BCUT2D eigenvalue weighted by Gasteiger charge is 2.19. The van der Waals surface area contributed by atoms with Gasteiger partial charge in [-0.15, -0.1) is 0 Å². The molecule has 0 fully saturated rings. The molecule has 0 aliphatic rings. The normalized spacial score (nSPS) is 12.6. The predicted molar refractivity (Wildman–Crippen MR) is 321 cm³/mol. The van der Waals surface area contributed by atoms with Crippen LogP contribution in [0.4, 0.5) is 0 Å². The van der Waals surface area contributed by atoms with Gasteiger partial charge in [-0.05, 0) is 77.0 Å². The van der Waals surface area contributed by atoms with Crippen molar-refractivity contribution in [1.29, 1.82) is 0 Å². The van der Waals surface area contributed by atoms with E-state index in [0.29, 0.717) is 19.3 Å². The van der Waals surface area contributed by atoms with Crippen LogP contribution in [0.25, 0.3) is 0 Å². The molecule has 0 bridgehead atoms. The third-order valence-corrected chi connectivity index (χ3v) is 13.7. The van der Waals surface area contributed by atoms with E-state index in [4.69, 9.17) is 14.2 Å². The molecular formula is C68H118O6. The van der Waals surface area contributed by atoms with Crippen LogP contribution < -0.4 is 0 Å². The molecule has 0 aromatic heterocycles. The summed E-state index contributed by atoms with van der Waals surface area (Å²) in [4.78, 5) is 38.1. The maximum Gasteiger partial charge on any atom is 0.306 e. The minimum Gasteiger partial charge on any atom is -0.462 e. The Kier molecular flexibility index (Phi) is 59.3. The van der Waals surface area contributed by atoms with E-state index in [-0.39, 0.29) is 31.1 Å². The summed E-state index contributed by atoms with van der Waals surface area (Å²) in [5, 5.41) is 0. The number of allylic oxidation sites excluding steroid dienone is 14. The van der Waals surface area contributed by atoms with Crippen LogP contribution in [0.5, 0.6) is 0 Å². The molecule has 0 radical (unpaired) electrons. The number of carbonyl (C=O) groups is 3. The Morgan fingerprint density at radius 1 is 0.284 bits per heavy atom. The number of carbonyl (C=O) groups excluding carboxylic acids is 3. The van der Waals surface area contributed by atoms with Crippen LogP contribution in [0.2, 0.25) is 0 Å². The Bertz CT molecular complexity index is 1420. The van der Waals surface area contributed by atoms with Crippen LogP contribution in [0.1, 0.15) is 310 Å². The summed E-state index contributed by atoms with van der Waals surface area (Å²) in [6, 6.07) is 0. The largest absolute Gasteiger partial charge is 0.462 e. The lowest BCUT2D eigenvalue weighted by Gasteiger charge is -2.18. The minimum atomic E-state index is -0.772. The van der Waals surface area contributed by atoms with Crippen molar-refractivity contribution in [2.75, 3.05) is 13.2 Å². The van der Waals surface area contributed by atoms with Crippen molar-refractivity contribution in [3.63, 3.8) is 0 Å². The minimum absolute atomic E-state index is 0.0716. The molecule has 6 heteroatoms. The molecule has 0 rings (SSSR count). The predicted octanol–water partition coefficient (Wildman–Crippen LogP) is 21.5. The van der Waals surface area contributed by atoms with E-state index in [0.717, 1.165) is 103 Å². The number of unbranched alkanes of at least 4 members (excludes halogenated alkanes) is 32. The molecule has 0 N–H and O–H groups in total. The lowest BCUT2D eigenvalue weighted by atomic mass is 10.0. The van der Waals surface area contributed by atoms with Crippen LogP contribution in [0, 0.1) is 0 Å². The second kappa shape index (κ2) is 62.1. The van der Waals surface area contributed by atoms with Crippen molar-refractivity contribution in [2.24, 2.45) is 0 Å². The highest BCUT2D eigenvalue weighted by atomic mass is 16.6. The fourth-order valence-corrected chi connectivity index (χ4v) is 8.95. The van der Waals surface area contributed by atoms with Gasteiger partial charge in [0, 0.05) is 19.3 Å². The molecule has 1 unspecified atom stereocenters. The van der Waals surface area contributed by atoms with Crippen molar-refractivity contribution < 1.29 is 28.6 Å². The molecular weight excluding hydrogens is 913 g/mol. The zero-order valence-corrected chi connectivity index (χ0v) is 48.8. The van der Waals surface area contributed by atoms with E-state index in [2.05, 4.69) is 106 Å². The summed E-state index contributed by atoms with van der Waals surface area (Å²) >= 11 is 0. The highest BCUT2D eigenvalue weighted by molar-refractivity contribution is 5.71. The van der Waals surface area contributed by atoms with Gasteiger partial charge in [0.15, 0.2) is 6.10 Å². The maximum absolute atomic E-state index is 12.8. The Balaban J connectivity index is 4.12. The molecule has 0 heterocycles. The first-order chi connectivity index (χ1) is 36.5. The molecule has 426 valence electrons. The van der Waals surface area contributed by atoms with Gasteiger partial charge in [0.2, 0.25) is 0 Å². The number of esters is 3. The zero-order valence-electron chi connectivity index (χ0n) is 48.8. The first kappa shape index (κ1) is 70.6. The Labute approximate surface area is 458 Å². The SMILES string of the molecule is CC/C=C\C/C=C\C/C=C\C/C=C\C/C=C\C/C=C\C/C=C\CCCCCCCCCCCCCC(=O)OCC(COC(=O)CCCCCCCCCCCC)OC(=O)CCCCCCCCCCCCCCC. The van der Waals surface area contributed by atoms with Crippen molar-refractivity contribution in [1.82, 2.24) is 0 Å². The van der Waals surface area contributed by atoms with E-state index < -0.39 is 6.10 Å². The molecule has 0 spiro atoms. The molecule has 1 atom stereocenters. The molecule has 0 amide bonds. The summed E-state index contributed by atoms with van der Waals surface area (Å²) in [6.07, 6.45) is 81.7. The van der Waals surface area contributed by atoms with Gasteiger partial charge in [-0.1, -0.05) is 298 Å².